The van der Waals surface area contributed by atoms with Crippen molar-refractivity contribution in [3.05, 3.63) is 35.9 Å². The monoisotopic (exact) mass is 358 g/mol. The molecule has 0 aromatic heterocycles. The Labute approximate surface area is 153 Å². The number of nitrogens with one attached hydrogen (secondary N) is 2. The van der Waals surface area contributed by atoms with E-state index in [9.17, 15) is 14.4 Å². The molecule has 2 fully saturated rings. The van der Waals surface area contributed by atoms with Crippen molar-refractivity contribution >= 4 is 17.8 Å². The maximum absolute atomic E-state index is 12.6. The summed E-state index contributed by atoms with van der Waals surface area (Å²) in [5.41, 5.74) is 1.02. The van der Waals surface area contributed by atoms with Gasteiger partial charge < -0.3 is 20.4 Å². The molecule has 0 saturated carbocycles. The average Bonchev–Trinajstić information content (AvgIpc) is 2.64. The third-order valence-corrected chi connectivity index (χ3v) is 4.86. The lowest BCUT2D eigenvalue weighted by Gasteiger charge is -2.45. The number of hydrogen-bond acceptors (Lipinski definition) is 3. The zero-order chi connectivity index (χ0) is 18.7. The highest BCUT2D eigenvalue weighted by Crippen LogP contribution is 2.19. The Morgan fingerprint density at radius 2 is 1.96 bits per heavy atom. The van der Waals surface area contributed by atoms with E-state index >= 15 is 0 Å². The van der Waals surface area contributed by atoms with E-state index < -0.39 is 12.1 Å². The van der Waals surface area contributed by atoms with Gasteiger partial charge in [-0.05, 0) is 17.9 Å². The summed E-state index contributed by atoms with van der Waals surface area (Å²) >= 11 is 0. The molecule has 3 rings (SSSR count). The lowest BCUT2D eigenvalue weighted by molar-refractivity contribution is -0.152. The number of amides is 4. The fraction of sp³-hybridized carbons (Fsp3) is 0.526. The van der Waals surface area contributed by atoms with Gasteiger partial charge in [-0.15, -0.1) is 0 Å². The molecule has 1 aromatic carbocycles. The molecule has 2 N–H and O–H groups in total. The van der Waals surface area contributed by atoms with Gasteiger partial charge in [-0.3, -0.25) is 9.59 Å². The standard InChI is InChI=1S/C19H26N4O3/c1-13(2)10-15-18(25)23-9-8-22(12-16(23)17(24)21-15)19(26)20-11-14-6-4-3-5-7-14/h3-7,13,15-16H,8-12H2,1-2H3,(H,20,26)(H,21,24)/t15-,16+/m0/s1. The molecule has 0 spiro atoms. The molecule has 140 valence electrons. The second-order valence-corrected chi connectivity index (χ2v) is 7.33. The molecule has 2 atom stereocenters. The third-order valence-electron chi connectivity index (χ3n) is 4.86. The minimum Gasteiger partial charge on any atom is -0.342 e. The third kappa shape index (κ3) is 3.98. The molecule has 7 heteroatoms. The van der Waals surface area contributed by atoms with Gasteiger partial charge in [0.1, 0.15) is 12.1 Å². The maximum Gasteiger partial charge on any atom is 0.317 e. The van der Waals surface area contributed by atoms with Crippen LogP contribution in [-0.4, -0.2) is 59.4 Å². The molecule has 2 heterocycles. The first-order chi connectivity index (χ1) is 12.5. The topological polar surface area (TPSA) is 81.8 Å². The molecule has 1 aromatic rings. The van der Waals surface area contributed by atoms with Crippen LogP contribution in [0.15, 0.2) is 30.3 Å². The van der Waals surface area contributed by atoms with Gasteiger partial charge in [0.25, 0.3) is 0 Å². The van der Waals surface area contributed by atoms with Gasteiger partial charge in [-0.25, -0.2) is 4.79 Å². The molecule has 0 aliphatic carbocycles. The van der Waals surface area contributed by atoms with Gasteiger partial charge in [0.2, 0.25) is 11.8 Å². The normalized spacial score (nSPS) is 22.9. The summed E-state index contributed by atoms with van der Waals surface area (Å²) in [6.07, 6.45) is 0.634. The molecule has 0 unspecified atom stereocenters. The summed E-state index contributed by atoms with van der Waals surface area (Å²) in [5, 5.41) is 5.70. The van der Waals surface area contributed by atoms with Gasteiger partial charge in [-0.2, -0.15) is 0 Å². The molecule has 0 radical (unpaired) electrons. The van der Waals surface area contributed by atoms with Gasteiger partial charge in [0, 0.05) is 19.6 Å². The highest BCUT2D eigenvalue weighted by Gasteiger charge is 2.44. The molecule has 2 aliphatic rings. The first-order valence-corrected chi connectivity index (χ1v) is 9.13. The number of benzene rings is 1. The van der Waals surface area contributed by atoms with Crippen LogP contribution in [0.5, 0.6) is 0 Å². The molecule has 0 bridgehead atoms. The minimum atomic E-state index is -0.595. The number of piperazine rings is 2. The number of urea groups is 1. The van der Waals surface area contributed by atoms with Crippen LogP contribution >= 0.6 is 0 Å². The average molecular weight is 358 g/mol. The van der Waals surface area contributed by atoms with Crippen molar-refractivity contribution in [1.82, 2.24) is 20.4 Å². The van der Waals surface area contributed by atoms with Crippen LogP contribution < -0.4 is 10.6 Å². The predicted octanol–water partition coefficient (Wildman–Crippen LogP) is 0.953. The minimum absolute atomic E-state index is 0.0346. The van der Waals surface area contributed by atoms with Crippen LogP contribution in [0.4, 0.5) is 4.79 Å². The summed E-state index contributed by atoms with van der Waals surface area (Å²) in [5.74, 6) is 0.120. The molecular weight excluding hydrogens is 332 g/mol. The van der Waals surface area contributed by atoms with E-state index in [0.717, 1.165) is 5.56 Å². The number of hydrogen-bond donors (Lipinski definition) is 2. The first kappa shape index (κ1) is 18.2. The predicted molar refractivity (Wildman–Crippen MR) is 97.1 cm³/mol. The lowest BCUT2D eigenvalue weighted by atomic mass is 9.97. The number of nitrogens with zero attached hydrogens (tertiary/aromatic N) is 2. The SMILES string of the molecule is CC(C)C[C@@H]1NC(=O)[C@H]2CN(C(=O)NCc3ccccc3)CCN2C1=O. The van der Waals surface area contributed by atoms with Crippen LogP contribution in [0, 0.1) is 5.92 Å². The Bertz CT molecular complexity index is 677. The van der Waals surface area contributed by atoms with Crippen molar-refractivity contribution in [2.75, 3.05) is 19.6 Å². The number of carbonyl (C=O) groups excluding carboxylic acids is 3. The summed E-state index contributed by atoms with van der Waals surface area (Å²) in [4.78, 5) is 40.7. The van der Waals surface area contributed by atoms with Crippen LogP contribution in [0.1, 0.15) is 25.8 Å². The summed E-state index contributed by atoms with van der Waals surface area (Å²) in [7, 11) is 0. The Morgan fingerprint density at radius 1 is 1.23 bits per heavy atom. The first-order valence-electron chi connectivity index (χ1n) is 9.13. The van der Waals surface area contributed by atoms with Crippen LogP contribution in [0.25, 0.3) is 0 Å². The van der Waals surface area contributed by atoms with Crippen LogP contribution in [0.2, 0.25) is 0 Å². The zero-order valence-corrected chi connectivity index (χ0v) is 15.3. The summed E-state index contributed by atoms with van der Waals surface area (Å²) in [6, 6.07) is 8.41. The highest BCUT2D eigenvalue weighted by atomic mass is 16.2. The zero-order valence-electron chi connectivity index (χ0n) is 15.3. The van der Waals surface area contributed by atoms with Crippen molar-refractivity contribution in [2.45, 2.75) is 38.9 Å². The number of carbonyl (C=O) groups is 3. The van der Waals surface area contributed by atoms with E-state index in [1.807, 2.05) is 44.2 Å². The molecular formula is C19H26N4O3. The van der Waals surface area contributed by atoms with Crippen molar-refractivity contribution in [3.8, 4) is 0 Å². The second kappa shape index (κ2) is 7.76. The van der Waals surface area contributed by atoms with Crippen molar-refractivity contribution in [2.24, 2.45) is 5.92 Å². The lowest BCUT2D eigenvalue weighted by Crippen LogP contribution is -2.70. The maximum atomic E-state index is 12.6. The highest BCUT2D eigenvalue weighted by molar-refractivity contribution is 5.97. The van der Waals surface area contributed by atoms with E-state index in [0.29, 0.717) is 32.0 Å². The van der Waals surface area contributed by atoms with Crippen molar-refractivity contribution < 1.29 is 14.4 Å². The largest absolute Gasteiger partial charge is 0.342 e. The van der Waals surface area contributed by atoms with E-state index in [2.05, 4.69) is 10.6 Å². The van der Waals surface area contributed by atoms with E-state index in [1.54, 1.807) is 9.80 Å². The van der Waals surface area contributed by atoms with E-state index in [-0.39, 0.29) is 24.4 Å². The van der Waals surface area contributed by atoms with E-state index in [1.165, 1.54) is 0 Å². The van der Waals surface area contributed by atoms with Gasteiger partial charge in [-0.1, -0.05) is 44.2 Å². The Balaban J connectivity index is 1.58. The van der Waals surface area contributed by atoms with E-state index in [4.69, 9.17) is 0 Å². The Morgan fingerprint density at radius 3 is 2.65 bits per heavy atom. The Hall–Kier alpha value is -2.57. The van der Waals surface area contributed by atoms with Gasteiger partial charge in [0.05, 0.1) is 6.54 Å². The molecule has 26 heavy (non-hydrogen) atoms. The molecule has 4 amide bonds. The fourth-order valence-electron chi connectivity index (χ4n) is 3.50. The van der Waals surface area contributed by atoms with Gasteiger partial charge >= 0.3 is 6.03 Å². The molecule has 7 nitrogen and oxygen atoms in total. The quantitative estimate of drug-likeness (QED) is 0.841. The number of rotatable bonds is 4. The van der Waals surface area contributed by atoms with Crippen molar-refractivity contribution in [1.29, 1.82) is 0 Å². The van der Waals surface area contributed by atoms with Crippen LogP contribution in [-0.2, 0) is 16.1 Å². The number of fused-ring (bicyclic) bond motifs is 1. The Kier molecular flexibility index (Phi) is 5.44. The second-order valence-electron chi connectivity index (χ2n) is 7.33. The fourth-order valence-corrected chi connectivity index (χ4v) is 3.50. The molecule has 2 aliphatic heterocycles. The van der Waals surface area contributed by atoms with Gasteiger partial charge in [0.15, 0.2) is 0 Å². The summed E-state index contributed by atoms with van der Waals surface area (Å²) < 4.78 is 0. The molecule has 2 saturated heterocycles. The van der Waals surface area contributed by atoms with Crippen LogP contribution in [0.3, 0.4) is 0 Å². The smallest absolute Gasteiger partial charge is 0.317 e. The van der Waals surface area contributed by atoms with Crippen molar-refractivity contribution in [3.63, 3.8) is 0 Å². The summed E-state index contributed by atoms with van der Waals surface area (Å²) in [6.45, 7) is 5.55.